The van der Waals surface area contributed by atoms with Crippen molar-refractivity contribution in [1.29, 1.82) is 0 Å². The van der Waals surface area contributed by atoms with Crippen LogP contribution in [0.2, 0.25) is 0 Å². The third kappa shape index (κ3) is 2.80. The fourth-order valence-corrected chi connectivity index (χ4v) is 2.29. The number of hydrogen-bond acceptors (Lipinski definition) is 5. The monoisotopic (exact) mass is 250 g/mol. The van der Waals surface area contributed by atoms with Crippen molar-refractivity contribution < 1.29 is 4.74 Å². The van der Waals surface area contributed by atoms with Crippen molar-refractivity contribution in [2.75, 3.05) is 25.4 Å². The number of nitrogen functional groups attached to an aromatic ring is 1. The van der Waals surface area contributed by atoms with Crippen LogP contribution in [0.3, 0.4) is 0 Å². The molecule has 0 spiro atoms. The highest BCUT2D eigenvalue weighted by Gasteiger charge is 2.28. The fourth-order valence-electron chi connectivity index (χ4n) is 2.29. The molecule has 2 atom stereocenters. The van der Waals surface area contributed by atoms with Gasteiger partial charge < -0.3 is 16.2 Å². The zero-order valence-electron chi connectivity index (χ0n) is 11.0. The van der Waals surface area contributed by atoms with E-state index >= 15 is 0 Å². The SMILES string of the molecule is CC(C)N1CCOC(C(N)c2cccnc2N)C1. The van der Waals surface area contributed by atoms with Crippen molar-refractivity contribution >= 4 is 5.82 Å². The van der Waals surface area contributed by atoms with E-state index in [9.17, 15) is 0 Å². The molecule has 1 aliphatic heterocycles. The Morgan fingerprint density at radius 1 is 1.50 bits per heavy atom. The normalized spacial score (nSPS) is 23.2. The summed E-state index contributed by atoms with van der Waals surface area (Å²) in [6.07, 6.45) is 1.65. The van der Waals surface area contributed by atoms with E-state index in [1.807, 2.05) is 12.1 Å². The van der Waals surface area contributed by atoms with Gasteiger partial charge in [0.05, 0.1) is 18.8 Å². The molecule has 1 fully saturated rings. The molecule has 0 saturated carbocycles. The van der Waals surface area contributed by atoms with Crippen LogP contribution < -0.4 is 11.5 Å². The minimum absolute atomic E-state index is 0.0207. The third-order valence-electron chi connectivity index (χ3n) is 3.49. The third-order valence-corrected chi connectivity index (χ3v) is 3.49. The van der Waals surface area contributed by atoms with Crippen LogP contribution in [0.25, 0.3) is 0 Å². The molecule has 0 bridgehead atoms. The summed E-state index contributed by atoms with van der Waals surface area (Å²) < 4.78 is 5.78. The first-order chi connectivity index (χ1) is 8.59. The molecular weight excluding hydrogens is 228 g/mol. The Hall–Kier alpha value is -1.17. The number of morpholine rings is 1. The lowest BCUT2D eigenvalue weighted by Crippen LogP contribution is -2.49. The molecule has 2 rings (SSSR count). The number of hydrogen-bond donors (Lipinski definition) is 2. The van der Waals surface area contributed by atoms with Crippen molar-refractivity contribution in [2.24, 2.45) is 5.73 Å². The van der Waals surface area contributed by atoms with E-state index in [0.29, 0.717) is 11.9 Å². The summed E-state index contributed by atoms with van der Waals surface area (Å²) in [6.45, 7) is 6.89. The first kappa shape index (κ1) is 13.3. The minimum atomic E-state index is -0.222. The van der Waals surface area contributed by atoms with Crippen LogP contribution in [0.1, 0.15) is 25.5 Å². The van der Waals surface area contributed by atoms with E-state index in [1.54, 1.807) is 6.20 Å². The standard InChI is InChI=1S/C13H22N4O/c1-9(2)17-6-7-18-11(8-17)12(14)10-4-3-5-16-13(10)15/h3-5,9,11-12H,6-8,14H2,1-2H3,(H2,15,16). The van der Waals surface area contributed by atoms with Crippen LogP contribution in [0.15, 0.2) is 18.3 Å². The molecule has 5 nitrogen and oxygen atoms in total. The highest BCUT2D eigenvalue weighted by molar-refractivity contribution is 5.41. The van der Waals surface area contributed by atoms with Crippen molar-refractivity contribution in [2.45, 2.75) is 32.0 Å². The van der Waals surface area contributed by atoms with Crippen molar-refractivity contribution in [3.63, 3.8) is 0 Å². The molecule has 0 aromatic carbocycles. The molecule has 4 N–H and O–H groups in total. The van der Waals surface area contributed by atoms with Crippen LogP contribution in [0.4, 0.5) is 5.82 Å². The van der Waals surface area contributed by atoms with Gasteiger partial charge in [0.15, 0.2) is 0 Å². The molecular formula is C13H22N4O. The van der Waals surface area contributed by atoms with E-state index in [-0.39, 0.29) is 12.1 Å². The number of nitrogens with zero attached hydrogens (tertiary/aromatic N) is 2. The van der Waals surface area contributed by atoms with Gasteiger partial charge in [-0.25, -0.2) is 4.98 Å². The van der Waals surface area contributed by atoms with Gasteiger partial charge in [0, 0.05) is 30.9 Å². The number of ether oxygens (including phenoxy) is 1. The van der Waals surface area contributed by atoms with E-state index in [2.05, 4.69) is 23.7 Å². The summed E-state index contributed by atoms with van der Waals surface area (Å²) in [5, 5.41) is 0. The largest absolute Gasteiger partial charge is 0.383 e. The number of anilines is 1. The van der Waals surface area contributed by atoms with Crippen molar-refractivity contribution in [1.82, 2.24) is 9.88 Å². The van der Waals surface area contributed by atoms with Gasteiger partial charge in [0.2, 0.25) is 0 Å². The zero-order chi connectivity index (χ0) is 13.1. The Morgan fingerprint density at radius 3 is 2.94 bits per heavy atom. The van der Waals surface area contributed by atoms with Crippen LogP contribution in [0, 0.1) is 0 Å². The van der Waals surface area contributed by atoms with Gasteiger partial charge in [-0.2, -0.15) is 0 Å². The molecule has 5 heteroatoms. The Labute approximate surface area is 108 Å². The van der Waals surface area contributed by atoms with E-state index in [4.69, 9.17) is 16.2 Å². The van der Waals surface area contributed by atoms with Crippen LogP contribution >= 0.6 is 0 Å². The summed E-state index contributed by atoms with van der Waals surface area (Å²) in [6, 6.07) is 4.06. The van der Waals surface area contributed by atoms with Gasteiger partial charge in [0.1, 0.15) is 5.82 Å². The summed E-state index contributed by atoms with van der Waals surface area (Å²) in [4.78, 5) is 6.45. The maximum Gasteiger partial charge on any atom is 0.128 e. The van der Waals surface area contributed by atoms with Gasteiger partial charge in [0.25, 0.3) is 0 Å². The Bertz CT molecular complexity index is 396. The zero-order valence-corrected chi connectivity index (χ0v) is 11.0. The maximum atomic E-state index is 6.26. The van der Waals surface area contributed by atoms with Crippen LogP contribution in [-0.2, 0) is 4.74 Å². The molecule has 2 unspecified atom stereocenters. The van der Waals surface area contributed by atoms with E-state index in [0.717, 1.165) is 25.3 Å². The average Bonchev–Trinajstić information content (AvgIpc) is 2.38. The molecule has 1 saturated heterocycles. The Morgan fingerprint density at radius 2 is 2.28 bits per heavy atom. The Kier molecular flexibility index (Phi) is 4.16. The summed E-state index contributed by atoms with van der Waals surface area (Å²) in [5.41, 5.74) is 13.0. The van der Waals surface area contributed by atoms with E-state index in [1.165, 1.54) is 0 Å². The first-order valence-corrected chi connectivity index (χ1v) is 6.41. The molecule has 0 amide bonds. The van der Waals surface area contributed by atoms with Gasteiger partial charge in [-0.05, 0) is 19.9 Å². The van der Waals surface area contributed by atoms with Gasteiger partial charge >= 0.3 is 0 Å². The number of rotatable bonds is 3. The smallest absolute Gasteiger partial charge is 0.128 e. The van der Waals surface area contributed by atoms with Gasteiger partial charge in [-0.15, -0.1) is 0 Å². The van der Waals surface area contributed by atoms with Gasteiger partial charge in [-0.1, -0.05) is 6.07 Å². The lowest BCUT2D eigenvalue weighted by Gasteiger charge is -2.38. The number of nitrogens with two attached hydrogens (primary N) is 2. The second kappa shape index (κ2) is 5.65. The van der Waals surface area contributed by atoms with E-state index < -0.39 is 0 Å². The molecule has 0 aliphatic carbocycles. The molecule has 1 aliphatic rings. The maximum absolute atomic E-state index is 6.26. The number of aromatic nitrogens is 1. The van der Waals surface area contributed by atoms with Crippen molar-refractivity contribution in [3.8, 4) is 0 Å². The molecule has 0 radical (unpaired) electrons. The molecule has 18 heavy (non-hydrogen) atoms. The molecule has 1 aromatic heterocycles. The number of pyridine rings is 1. The lowest BCUT2D eigenvalue weighted by molar-refractivity contribution is -0.0502. The topological polar surface area (TPSA) is 77.4 Å². The molecule has 2 heterocycles. The second-order valence-corrected chi connectivity index (χ2v) is 5.00. The summed E-state index contributed by atoms with van der Waals surface area (Å²) in [7, 11) is 0. The second-order valence-electron chi connectivity index (χ2n) is 5.00. The lowest BCUT2D eigenvalue weighted by atomic mass is 10.0. The minimum Gasteiger partial charge on any atom is -0.383 e. The highest BCUT2D eigenvalue weighted by atomic mass is 16.5. The highest BCUT2D eigenvalue weighted by Crippen LogP contribution is 2.23. The first-order valence-electron chi connectivity index (χ1n) is 6.41. The summed E-state index contributed by atoms with van der Waals surface area (Å²) in [5.74, 6) is 0.496. The van der Waals surface area contributed by atoms with Crippen LogP contribution in [0.5, 0.6) is 0 Å². The van der Waals surface area contributed by atoms with Gasteiger partial charge in [-0.3, -0.25) is 4.90 Å². The van der Waals surface area contributed by atoms with Crippen LogP contribution in [-0.4, -0.2) is 41.7 Å². The summed E-state index contributed by atoms with van der Waals surface area (Å²) >= 11 is 0. The predicted molar refractivity (Wildman–Crippen MR) is 72.0 cm³/mol. The quantitative estimate of drug-likeness (QED) is 0.828. The average molecular weight is 250 g/mol. The molecule has 100 valence electrons. The molecule has 1 aromatic rings. The fraction of sp³-hybridized carbons (Fsp3) is 0.615. The predicted octanol–water partition coefficient (Wildman–Crippen LogP) is 0.773. The Balaban J connectivity index is 2.09. The van der Waals surface area contributed by atoms with Crippen molar-refractivity contribution in [3.05, 3.63) is 23.9 Å².